The van der Waals surface area contributed by atoms with E-state index in [1.165, 1.54) is 0 Å². The van der Waals surface area contributed by atoms with Gasteiger partial charge in [0.2, 0.25) is 0 Å². The zero-order valence-electron chi connectivity index (χ0n) is 7.54. The van der Waals surface area contributed by atoms with E-state index in [0.717, 1.165) is 23.2 Å². The summed E-state index contributed by atoms with van der Waals surface area (Å²) in [5, 5.41) is 3.81. The van der Waals surface area contributed by atoms with Crippen molar-refractivity contribution >= 4 is 11.8 Å². The van der Waals surface area contributed by atoms with Crippen LogP contribution in [0.2, 0.25) is 0 Å². The van der Waals surface area contributed by atoms with E-state index in [2.05, 4.69) is 16.2 Å². The SMILES string of the molecule is C#CCNCCSc1nc(C)co1. The van der Waals surface area contributed by atoms with Gasteiger partial charge in [-0.1, -0.05) is 17.7 Å². The number of hydrogen-bond donors (Lipinski definition) is 1. The summed E-state index contributed by atoms with van der Waals surface area (Å²) in [5.74, 6) is 3.43. The topological polar surface area (TPSA) is 38.1 Å². The Bertz CT molecular complexity index is 290. The van der Waals surface area contributed by atoms with Crippen LogP contribution in [0.5, 0.6) is 0 Å². The second kappa shape index (κ2) is 5.68. The Kier molecular flexibility index (Phi) is 4.44. The second-order valence-corrected chi connectivity index (χ2v) is 3.53. The van der Waals surface area contributed by atoms with Crippen LogP contribution in [0.4, 0.5) is 0 Å². The Balaban J connectivity index is 2.10. The molecule has 1 N–H and O–H groups in total. The molecule has 1 aromatic rings. The van der Waals surface area contributed by atoms with Crippen LogP contribution in [0.15, 0.2) is 15.9 Å². The molecule has 0 atom stereocenters. The average Bonchev–Trinajstić information content (AvgIpc) is 2.51. The molecule has 1 aromatic heterocycles. The minimum absolute atomic E-state index is 0.616. The maximum atomic E-state index is 5.15. The highest BCUT2D eigenvalue weighted by Crippen LogP contribution is 2.15. The molecule has 70 valence electrons. The summed E-state index contributed by atoms with van der Waals surface area (Å²) in [5.41, 5.74) is 0.916. The van der Waals surface area contributed by atoms with Crippen LogP contribution in [0.1, 0.15) is 5.69 Å². The standard InChI is InChI=1S/C9H12N2OS/c1-3-4-10-5-6-13-9-11-8(2)7-12-9/h1,7,10H,4-6H2,2H3. The smallest absolute Gasteiger partial charge is 0.255 e. The van der Waals surface area contributed by atoms with Crippen LogP contribution in [-0.2, 0) is 0 Å². The molecule has 0 aliphatic rings. The predicted octanol–water partition coefficient (Wildman–Crippen LogP) is 1.30. The van der Waals surface area contributed by atoms with Crippen LogP contribution >= 0.6 is 11.8 Å². The molecule has 1 heterocycles. The van der Waals surface area contributed by atoms with Gasteiger partial charge in [-0.3, -0.25) is 0 Å². The van der Waals surface area contributed by atoms with E-state index in [1.807, 2.05) is 6.92 Å². The number of nitrogens with one attached hydrogen (secondary N) is 1. The van der Waals surface area contributed by atoms with E-state index in [4.69, 9.17) is 10.8 Å². The molecule has 0 amide bonds. The van der Waals surface area contributed by atoms with Crippen LogP contribution in [-0.4, -0.2) is 23.8 Å². The molecular formula is C9H12N2OS. The van der Waals surface area contributed by atoms with Gasteiger partial charge in [0.25, 0.3) is 5.22 Å². The second-order valence-electron chi connectivity index (χ2n) is 2.48. The number of thioether (sulfide) groups is 1. The van der Waals surface area contributed by atoms with Crippen molar-refractivity contribution in [2.75, 3.05) is 18.8 Å². The Morgan fingerprint density at radius 1 is 1.77 bits per heavy atom. The molecule has 0 saturated heterocycles. The quantitative estimate of drug-likeness (QED) is 0.437. The summed E-state index contributed by atoms with van der Waals surface area (Å²) in [6.45, 7) is 3.39. The monoisotopic (exact) mass is 196 g/mol. The van der Waals surface area contributed by atoms with E-state index in [-0.39, 0.29) is 0 Å². The van der Waals surface area contributed by atoms with Crippen molar-refractivity contribution < 1.29 is 4.42 Å². The first-order valence-electron chi connectivity index (χ1n) is 4.02. The van der Waals surface area contributed by atoms with Gasteiger partial charge >= 0.3 is 0 Å². The third kappa shape index (κ3) is 4.02. The van der Waals surface area contributed by atoms with Crippen LogP contribution in [0.25, 0.3) is 0 Å². The highest BCUT2D eigenvalue weighted by Gasteiger charge is 1.99. The highest BCUT2D eigenvalue weighted by molar-refractivity contribution is 7.99. The summed E-state index contributed by atoms with van der Waals surface area (Å²) >= 11 is 1.58. The molecule has 0 fully saturated rings. The molecule has 0 aromatic carbocycles. The first kappa shape index (κ1) is 10.2. The molecule has 1 rings (SSSR count). The molecule has 0 unspecified atom stereocenters. The van der Waals surface area contributed by atoms with Gasteiger partial charge in [0.05, 0.1) is 12.2 Å². The van der Waals surface area contributed by atoms with Gasteiger partial charge in [-0.05, 0) is 6.92 Å². The van der Waals surface area contributed by atoms with Gasteiger partial charge in [0.15, 0.2) is 0 Å². The normalized spacial score (nSPS) is 9.85. The molecule has 0 saturated carbocycles. The molecule has 13 heavy (non-hydrogen) atoms. The number of oxazole rings is 1. The fraction of sp³-hybridized carbons (Fsp3) is 0.444. The minimum atomic E-state index is 0.616. The van der Waals surface area contributed by atoms with Crippen molar-refractivity contribution in [1.82, 2.24) is 10.3 Å². The summed E-state index contributed by atoms with van der Waals surface area (Å²) in [6.07, 6.45) is 6.73. The van der Waals surface area contributed by atoms with Gasteiger partial charge in [0, 0.05) is 12.3 Å². The minimum Gasteiger partial charge on any atom is -0.440 e. The van der Waals surface area contributed by atoms with Crippen LogP contribution in [0.3, 0.4) is 0 Å². The van der Waals surface area contributed by atoms with Gasteiger partial charge in [-0.25, -0.2) is 4.98 Å². The average molecular weight is 196 g/mol. The van der Waals surface area contributed by atoms with E-state index < -0.39 is 0 Å². The third-order valence-corrected chi connectivity index (χ3v) is 2.17. The number of nitrogens with zero attached hydrogens (tertiary/aromatic N) is 1. The van der Waals surface area contributed by atoms with E-state index in [0.29, 0.717) is 6.54 Å². The molecule has 0 aliphatic heterocycles. The Morgan fingerprint density at radius 2 is 2.62 bits per heavy atom. The fourth-order valence-electron chi connectivity index (χ4n) is 0.770. The molecule has 3 nitrogen and oxygen atoms in total. The number of aryl methyl sites for hydroxylation is 1. The number of aromatic nitrogens is 1. The maximum absolute atomic E-state index is 5.15. The Morgan fingerprint density at radius 3 is 3.23 bits per heavy atom. The Labute approximate surface area is 82.3 Å². The zero-order valence-corrected chi connectivity index (χ0v) is 8.36. The number of terminal acetylenes is 1. The lowest BCUT2D eigenvalue weighted by Gasteiger charge is -1.96. The molecule has 4 heteroatoms. The van der Waals surface area contributed by atoms with Gasteiger partial charge in [-0.2, -0.15) is 0 Å². The van der Waals surface area contributed by atoms with E-state index in [9.17, 15) is 0 Å². The summed E-state index contributed by atoms with van der Waals surface area (Å²) in [6, 6.07) is 0. The van der Waals surface area contributed by atoms with Crippen LogP contribution in [0, 0.1) is 19.3 Å². The van der Waals surface area contributed by atoms with E-state index >= 15 is 0 Å². The maximum Gasteiger partial charge on any atom is 0.255 e. The largest absolute Gasteiger partial charge is 0.440 e. The number of rotatable bonds is 5. The molecule has 0 radical (unpaired) electrons. The van der Waals surface area contributed by atoms with Crippen molar-refractivity contribution in [3.63, 3.8) is 0 Å². The summed E-state index contributed by atoms with van der Waals surface area (Å²) in [7, 11) is 0. The molecule has 0 bridgehead atoms. The third-order valence-electron chi connectivity index (χ3n) is 1.33. The lowest BCUT2D eigenvalue weighted by molar-refractivity contribution is 0.454. The highest BCUT2D eigenvalue weighted by atomic mass is 32.2. The lowest BCUT2D eigenvalue weighted by atomic mass is 10.6. The molecule has 0 spiro atoms. The molecule has 0 aliphatic carbocycles. The lowest BCUT2D eigenvalue weighted by Crippen LogP contribution is -2.16. The number of hydrogen-bond acceptors (Lipinski definition) is 4. The fourth-order valence-corrected chi connectivity index (χ4v) is 1.52. The van der Waals surface area contributed by atoms with Crippen molar-refractivity contribution in [3.8, 4) is 12.3 Å². The van der Waals surface area contributed by atoms with Crippen molar-refractivity contribution in [3.05, 3.63) is 12.0 Å². The van der Waals surface area contributed by atoms with Crippen molar-refractivity contribution in [2.45, 2.75) is 12.1 Å². The van der Waals surface area contributed by atoms with Crippen LogP contribution < -0.4 is 5.32 Å². The van der Waals surface area contributed by atoms with Crippen molar-refractivity contribution in [2.24, 2.45) is 0 Å². The zero-order chi connectivity index (χ0) is 9.52. The summed E-state index contributed by atoms with van der Waals surface area (Å²) < 4.78 is 5.15. The predicted molar refractivity (Wildman–Crippen MR) is 53.7 cm³/mol. The van der Waals surface area contributed by atoms with Crippen molar-refractivity contribution in [1.29, 1.82) is 0 Å². The first-order chi connectivity index (χ1) is 6.33. The molecular weight excluding hydrogens is 184 g/mol. The summed E-state index contributed by atoms with van der Waals surface area (Å²) in [4.78, 5) is 4.16. The van der Waals surface area contributed by atoms with Gasteiger partial charge < -0.3 is 9.73 Å². The Hall–Kier alpha value is -0.920. The van der Waals surface area contributed by atoms with E-state index in [1.54, 1.807) is 18.0 Å². The van der Waals surface area contributed by atoms with Gasteiger partial charge in [-0.15, -0.1) is 6.42 Å². The first-order valence-corrected chi connectivity index (χ1v) is 5.00. The van der Waals surface area contributed by atoms with Gasteiger partial charge in [0.1, 0.15) is 6.26 Å².